The van der Waals surface area contributed by atoms with E-state index in [2.05, 4.69) is 45.2 Å². The lowest BCUT2D eigenvalue weighted by molar-refractivity contribution is 0.522. The number of hydrogen-bond acceptors (Lipinski definition) is 3. The fraction of sp³-hybridized carbons (Fsp3) is 0.810. The highest BCUT2D eigenvalue weighted by molar-refractivity contribution is 7.97. The molecule has 3 heteroatoms. The minimum Gasteiger partial charge on any atom is -0.311 e. The molecule has 0 aliphatic rings. The van der Waals surface area contributed by atoms with Crippen LogP contribution in [-0.2, 0) is 0 Å². The minimum absolute atomic E-state index is 0.624. The smallest absolute Gasteiger partial charge is 0.0257 e. The van der Waals surface area contributed by atoms with Gasteiger partial charge in [0.1, 0.15) is 0 Å². The standard InChI is InChI=1S/C21H42N2S/c1-5-7-8-11-15-19(3)21(18-23-20(4)14-6-2)16-12-9-10-13-17-24-22/h10,13,20,23H,5-9,11-12,14-18,22H2,1-4H3/b13-10-,21-19-. The molecule has 0 rings (SSSR count). The SMILES string of the molecule is CCCCCC/C(C)=C(/CCC/C=C\CSN)CNC(C)CCC. The summed E-state index contributed by atoms with van der Waals surface area (Å²) in [6.07, 6.45) is 17.3. The van der Waals surface area contributed by atoms with Gasteiger partial charge in [-0.1, -0.05) is 74.8 Å². The van der Waals surface area contributed by atoms with Crippen molar-refractivity contribution in [1.82, 2.24) is 5.32 Å². The van der Waals surface area contributed by atoms with E-state index in [1.807, 2.05) is 0 Å². The van der Waals surface area contributed by atoms with Crippen molar-refractivity contribution in [2.45, 2.75) is 97.9 Å². The molecule has 0 aromatic heterocycles. The second kappa shape index (κ2) is 17.6. The Morgan fingerprint density at radius 1 is 1.04 bits per heavy atom. The summed E-state index contributed by atoms with van der Waals surface area (Å²) < 4.78 is 0. The fourth-order valence-electron chi connectivity index (χ4n) is 2.95. The molecule has 0 aliphatic carbocycles. The quantitative estimate of drug-likeness (QED) is 0.192. The van der Waals surface area contributed by atoms with Gasteiger partial charge >= 0.3 is 0 Å². The van der Waals surface area contributed by atoms with Crippen LogP contribution in [0.5, 0.6) is 0 Å². The summed E-state index contributed by atoms with van der Waals surface area (Å²) in [6.45, 7) is 10.3. The van der Waals surface area contributed by atoms with E-state index >= 15 is 0 Å². The monoisotopic (exact) mass is 354 g/mol. The Morgan fingerprint density at radius 2 is 1.83 bits per heavy atom. The minimum atomic E-state index is 0.624. The van der Waals surface area contributed by atoms with Crippen molar-refractivity contribution in [2.75, 3.05) is 12.3 Å². The van der Waals surface area contributed by atoms with Gasteiger partial charge in [-0.05, 0) is 52.4 Å². The molecule has 0 spiro atoms. The summed E-state index contributed by atoms with van der Waals surface area (Å²) in [4.78, 5) is 0. The molecule has 24 heavy (non-hydrogen) atoms. The topological polar surface area (TPSA) is 38.0 Å². The molecule has 0 aromatic carbocycles. The Hall–Kier alpha value is -0.250. The van der Waals surface area contributed by atoms with Crippen LogP contribution in [0.4, 0.5) is 0 Å². The first-order valence-corrected chi connectivity index (χ1v) is 11.1. The van der Waals surface area contributed by atoms with Crippen LogP contribution in [0.2, 0.25) is 0 Å². The maximum atomic E-state index is 5.44. The second-order valence-corrected chi connectivity index (χ2v) is 7.63. The van der Waals surface area contributed by atoms with E-state index in [4.69, 9.17) is 5.14 Å². The predicted octanol–water partition coefficient (Wildman–Crippen LogP) is 6.38. The van der Waals surface area contributed by atoms with Crippen LogP contribution >= 0.6 is 11.9 Å². The first kappa shape index (κ1) is 23.8. The molecule has 3 N–H and O–H groups in total. The highest BCUT2D eigenvalue weighted by Gasteiger charge is 2.06. The molecular formula is C21H42N2S. The third kappa shape index (κ3) is 14.1. The van der Waals surface area contributed by atoms with Crippen LogP contribution in [0.25, 0.3) is 0 Å². The highest BCUT2D eigenvalue weighted by Crippen LogP contribution is 2.18. The van der Waals surface area contributed by atoms with E-state index in [0.29, 0.717) is 6.04 Å². The summed E-state index contributed by atoms with van der Waals surface area (Å²) in [5.41, 5.74) is 3.28. The van der Waals surface area contributed by atoms with Gasteiger partial charge in [0.2, 0.25) is 0 Å². The van der Waals surface area contributed by atoms with Gasteiger partial charge in [-0.2, -0.15) is 0 Å². The van der Waals surface area contributed by atoms with Gasteiger partial charge in [-0.3, -0.25) is 5.14 Å². The average molecular weight is 355 g/mol. The maximum absolute atomic E-state index is 5.44. The van der Waals surface area contributed by atoms with Crippen LogP contribution in [0.15, 0.2) is 23.3 Å². The zero-order valence-electron chi connectivity index (χ0n) is 16.7. The Kier molecular flexibility index (Phi) is 17.4. The maximum Gasteiger partial charge on any atom is 0.0257 e. The van der Waals surface area contributed by atoms with Crippen molar-refractivity contribution in [3.63, 3.8) is 0 Å². The van der Waals surface area contributed by atoms with Crippen molar-refractivity contribution >= 4 is 11.9 Å². The molecule has 0 heterocycles. The van der Waals surface area contributed by atoms with Gasteiger partial charge in [0.25, 0.3) is 0 Å². The Bertz CT molecular complexity index is 337. The lowest BCUT2D eigenvalue weighted by Crippen LogP contribution is -2.28. The van der Waals surface area contributed by atoms with E-state index < -0.39 is 0 Å². The number of nitrogens with one attached hydrogen (secondary N) is 1. The van der Waals surface area contributed by atoms with Crippen LogP contribution in [0.3, 0.4) is 0 Å². The van der Waals surface area contributed by atoms with Crippen LogP contribution < -0.4 is 10.5 Å². The van der Waals surface area contributed by atoms with Crippen molar-refractivity contribution in [3.05, 3.63) is 23.3 Å². The first-order valence-electron chi connectivity index (χ1n) is 10.0. The molecule has 0 saturated heterocycles. The Morgan fingerprint density at radius 3 is 2.50 bits per heavy atom. The normalized spacial score (nSPS) is 14.2. The van der Waals surface area contributed by atoms with E-state index in [-0.39, 0.29) is 0 Å². The summed E-state index contributed by atoms with van der Waals surface area (Å²) in [5, 5.41) is 9.17. The summed E-state index contributed by atoms with van der Waals surface area (Å²) >= 11 is 1.39. The number of unbranched alkanes of at least 4 members (excludes halogenated alkanes) is 4. The number of hydrogen-bond donors (Lipinski definition) is 2. The Labute approximate surface area is 156 Å². The molecule has 0 fully saturated rings. The van der Waals surface area contributed by atoms with E-state index in [1.54, 1.807) is 11.1 Å². The first-order chi connectivity index (χ1) is 11.7. The van der Waals surface area contributed by atoms with Gasteiger partial charge < -0.3 is 5.32 Å². The summed E-state index contributed by atoms with van der Waals surface area (Å²) in [6, 6.07) is 0.624. The van der Waals surface area contributed by atoms with Crippen molar-refractivity contribution < 1.29 is 0 Å². The second-order valence-electron chi connectivity index (χ2n) is 6.96. The molecule has 0 saturated carbocycles. The van der Waals surface area contributed by atoms with Crippen molar-refractivity contribution in [3.8, 4) is 0 Å². The molecule has 1 unspecified atom stereocenters. The molecule has 0 amide bonds. The number of nitrogens with two attached hydrogens (primary N) is 1. The van der Waals surface area contributed by atoms with Gasteiger partial charge in [-0.15, -0.1) is 0 Å². The van der Waals surface area contributed by atoms with Crippen LogP contribution in [0.1, 0.15) is 91.9 Å². The number of rotatable bonds is 16. The third-order valence-electron chi connectivity index (χ3n) is 4.60. The van der Waals surface area contributed by atoms with E-state index in [1.165, 1.54) is 69.7 Å². The molecule has 1 atom stereocenters. The van der Waals surface area contributed by atoms with Crippen molar-refractivity contribution in [2.24, 2.45) is 5.14 Å². The van der Waals surface area contributed by atoms with Crippen LogP contribution in [-0.4, -0.2) is 18.3 Å². The summed E-state index contributed by atoms with van der Waals surface area (Å²) in [5.74, 6) is 0.926. The van der Waals surface area contributed by atoms with Gasteiger partial charge in [0.05, 0.1) is 0 Å². The van der Waals surface area contributed by atoms with Gasteiger partial charge in [0.15, 0.2) is 0 Å². The zero-order chi connectivity index (χ0) is 18.0. The molecule has 0 bridgehead atoms. The van der Waals surface area contributed by atoms with E-state index in [0.717, 1.165) is 18.7 Å². The summed E-state index contributed by atoms with van der Waals surface area (Å²) in [7, 11) is 0. The number of allylic oxidation sites excluding steroid dienone is 2. The zero-order valence-corrected chi connectivity index (χ0v) is 17.5. The highest BCUT2D eigenvalue weighted by atomic mass is 32.2. The van der Waals surface area contributed by atoms with Gasteiger partial charge in [0, 0.05) is 18.3 Å². The molecule has 0 radical (unpaired) electrons. The van der Waals surface area contributed by atoms with Gasteiger partial charge in [-0.25, -0.2) is 0 Å². The van der Waals surface area contributed by atoms with Crippen LogP contribution in [0, 0.1) is 0 Å². The fourth-order valence-corrected chi connectivity index (χ4v) is 3.20. The average Bonchev–Trinajstić information content (AvgIpc) is 2.57. The Balaban J connectivity index is 4.39. The molecule has 142 valence electrons. The molecule has 0 aromatic rings. The molecule has 2 nitrogen and oxygen atoms in total. The van der Waals surface area contributed by atoms with E-state index in [9.17, 15) is 0 Å². The van der Waals surface area contributed by atoms with Crippen molar-refractivity contribution in [1.29, 1.82) is 0 Å². The molecular weight excluding hydrogens is 312 g/mol. The lowest BCUT2D eigenvalue weighted by atomic mass is 9.98. The molecule has 0 aliphatic heterocycles. The largest absolute Gasteiger partial charge is 0.311 e. The third-order valence-corrected chi connectivity index (χ3v) is 4.99. The lowest BCUT2D eigenvalue weighted by Gasteiger charge is -2.17. The predicted molar refractivity (Wildman–Crippen MR) is 113 cm³/mol.